The van der Waals surface area contributed by atoms with Gasteiger partial charge in [0.25, 0.3) is 0 Å². The van der Waals surface area contributed by atoms with Crippen molar-refractivity contribution in [1.29, 1.82) is 0 Å². The Morgan fingerprint density at radius 2 is 1.17 bits per heavy atom. The van der Waals surface area contributed by atoms with Gasteiger partial charge in [-0.15, -0.1) is 0 Å². The number of hydrogen-bond acceptors (Lipinski definition) is 1. The largest absolute Gasteiger partial charge is 0.357 e. The molecule has 5 rings (SSSR count). The van der Waals surface area contributed by atoms with Crippen LogP contribution in [0.15, 0.2) is 88.6 Å². The number of benzene rings is 3. The van der Waals surface area contributed by atoms with Gasteiger partial charge < -0.3 is 4.98 Å². The van der Waals surface area contributed by atoms with Crippen molar-refractivity contribution in [2.45, 2.75) is 55.4 Å². The summed E-state index contributed by atoms with van der Waals surface area (Å²) in [7, 11) is 0. The Morgan fingerprint density at radius 3 is 1.73 bits per heavy atom. The first-order valence-electron chi connectivity index (χ1n) is 14.1. The van der Waals surface area contributed by atoms with Crippen molar-refractivity contribution in [2.24, 2.45) is 4.99 Å². The molecule has 0 fully saturated rings. The monoisotopic (exact) mass is 532 g/mol. The molecule has 0 spiro atoms. The molecule has 2 heterocycles. The highest BCUT2D eigenvalue weighted by atomic mass is 14.8. The minimum absolute atomic E-state index is 0.946. The quantitative estimate of drug-likeness (QED) is 0.250. The fourth-order valence-corrected chi connectivity index (χ4v) is 5.43. The van der Waals surface area contributed by atoms with Gasteiger partial charge in [-0.25, -0.2) is 0 Å². The third-order valence-corrected chi connectivity index (χ3v) is 7.79. The summed E-state index contributed by atoms with van der Waals surface area (Å²) < 4.78 is 0. The van der Waals surface area contributed by atoms with E-state index in [0.29, 0.717) is 0 Å². The standard InChI is InChI=1S/C39H36N2/c1-24-12-16-32(17-13-24)20-22-34-28(5)38(40-30(34)7)37(36-26(3)10-9-11-27(36)4)39-29(6)35(31(8)41-39)23-21-33-18-14-25(2)15-19-33/h9-19,40H,1-8H3/b39-37-. The van der Waals surface area contributed by atoms with Crippen LogP contribution in [0.25, 0.3) is 5.57 Å². The van der Waals surface area contributed by atoms with Gasteiger partial charge in [0.05, 0.1) is 22.7 Å². The number of allylic oxidation sites excluding steroid dienone is 2. The van der Waals surface area contributed by atoms with E-state index >= 15 is 0 Å². The van der Waals surface area contributed by atoms with Gasteiger partial charge in [0.1, 0.15) is 0 Å². The van der Waals surface area contributed by atoms with Crippen molar-refractivity contribution >= 4 is 11.3 Å². The van der Waals surface area contributed by atoms with Crippen LogP contribution >= 0.6 is 0 Å². The van der Waals surface area contributed by atoms with Crippen LogP contribution in [-0.2, 0) is 0 Å². The maximum absolute atomic E-state index is 5.16. The van der Waals surface area contributed by atoms with Crippen LogP contribution in [0.1, 0.15) is 75.3 Å². The molecule has 1 aliphatic rings. The Labute approximate surface area is 245 Å². The van der Waals surface area contributed by atoms with Gasteiger partial charge in [-0.1, -0.05) is 77.3 Å². The molecule has 0 aliphatic carbocycles. The Hall–Kier alpha value is -4.79. The smallest absolute Gasteiger partial charge is 0.0775 e. The van der Waals surface area contributed by atoms with E-state index in [1.165, 1.54) is 27.8 Å². The van der Waals surface area contributed by atoms with E-state index in [-0.39, 0.29) is 0 Å². The molecule has 1 aromatic heterocycles. The van der Waals surface area contributed by atoms with Crippen LogP contribution in [0.4, 0.5) is 0 Å². The van der Waals surface area contributed by atoms with Crippen molar-refractivity contribution in [1.82, 2.24) is 4.98 Å². The maximum Gasteiger partial charge on any atom is 0.0775 e. The van der Waals surface area contributed by atoms with Gasteiger partial charge in [-0.3, -0.25) is 4.99 Å². The normalized spacial score (nSPS) is 13.8. The van der Waals surface area contributed by atoms with Crippen LogP contribution in [0.2, 0.25) is 0 Å². The molecular weight excluding hydrogens is 496 g/mol. The average Bonchev–Trinajstić information content (AvgIpc) is 3.38. The number of nitrogens with one attached hydrogen (secondary N) is 1. The van der Waals surface area contributed by atoms with Gasteiger partial charge in [-0.2, -0.15) is 0 Å². The van der Waals surface area contributed by atoms with Crippen molar-refractivity contribution in [3.8, 4) is 23.7 Å². The Bertz CT molecular complexity index is 1860. The molecule has 202 valence electrons. The molecule has 1 aliphatic heterocycles. The minimum Gasteiger partial charge on any atom is -0.357 e. The van der Waals surface area contributed by atoms with E-state index < -0.39 is 0 Å². The highest BCUT2D eigenvalue weighted by Crippen LogP contribution is 2.40. The molecule has 0 unspecified atom stereocenters. The molecule has 0 saturated carbocycles. The zero-order valence-electron chi connectivity index (χ0n) is 25.3. The molecule has 2 heteroatoms. The molecule has 4 aromatic rings. The number of hydrogen-bond donors (Lipinski definition) is 1. The van der Waals surface area contributed by atoms with Crippen molar-refractivity contribution in [3.05, 3.63) is 145 Å². The summed E-state index contributed by atoms with van der Waals surface area (Å²) in [4.78, 5) is 8.87. The lowest BCUT2D eigenvalue weighted by molar-refractivity contribution is 1.19. The van der Waals surface area contributed by atoms with Gasteiger partial charge in [0.2, 0.25) is 0 Å². The van der Waals surface area contributed by atoms with Crippen molar-refractivity contribution in [3.63, 3.8) is 0 Å². The first kappa shape index (κ1) is 27.8. The number of nitrogens with zero attached hydrogens (tertiary/aromatic N) is 1. The first-order valence-corrected chi connectivity index (χ1v) is 14.1. The second-order valence-electron chi connectivity index (χ2n) is 11.0. The van der Waals surface area contributed by atoms with E-state index in [1.54, 1.807) is 0 Å². The lowest BCUT2D eigenvalue weighted by Gasteiger charge is -2.17. The highest BCUT2D eigenvalue weighted by Gasteiger charge is 2.26. The molecule has 2 nitrogen and oxygen atoms in total. The second-order valence-corrected chi connectivity index (χ2v) is 11.0. The summed E-state index contributed by atoms with van der Waals surface area (Å²) in [6, 6.07) is 23.2. The molecule has 0 bridgehead atoms. The first-order chi connectivity index (χ1) is 19.6. The lowest BCUT2D eigenvalue weighted by Crippen LogP contribution is -2.01. The Morgan fingerprint density at radius 1 is 0.634 bits per heavy atom. The zero-order chi connectivity index (χ0) is 29.3. The fourth-order valence-electron chi connectivity index (χ4n) is 5.43. The maximum atomic E-state index is 5.16. The molecule has 41 heavy (non-hydrogen) atoms. The Balaban J connectivity index is 1.71. The van der Waals surface area contributed by atoms with Crippen LogP contribution < -0.4 is 0 Å². The zero-order valence-corrected chi connectivity index (χ0v) is 25.3. The number of H-pyrrole nitrogens is 1. The predicted molar refractivity (Wildman–Crippen MR) is 173 cm³/mol. The number of aryl methyl sites for hydroxylation is 5. The van der Waals surface area contributed by atoms with Crippen LogP contribution in [-0.4, -0.2) is 10.7 Å². The summed E-state index contributed by atoms with van der Waals surface area (Å²) >= 11 is 0. The van der Waals surface area contributed by atoms with Crippen molar-refractivity contribution in [2.75, 3.05) is 0 Å². The summed E-state index contributed by atoms with van der Waals surface area (Å²) in [6.07, 6.45) is 0. The summed E-state index contributed by atoms with van der Waals surface area (Å²) in [5.74, 6) is 13.6. The van der Waals surface area contributed by atoms with Crippen LogP contribution in [0, 0.1) is 65.2 Å². The fraction of sp³-hybridized carbons (Fsp3) is 0.205. The number of aromatic nitrogens is 1. The molecular formula is C39H36N2. The SMILES string of the molecule is CC1=N/C(=C(\c2[nH]c(C)c(C#Cc3ccc(C)cc3)c2C)c2c(C)cccc2C)C(C)=C1C#Cc1ccc(C)cc1. The number of aromatic amines is 1. The molecule has 0 atom stereocenters. The molecule has 0 radical (unpaired) electrons. The van der Waals surface area contributed by atoms with E-state index in [4.69, 9.17) is 4.99 Å². The lowest BCUT2D eigenvalue weighted by atomic mass is 9.88. The minimum atomic E-state index is 0.946. The topological polar surface area (TPSA) is 28.1 Å². The molecule has 0 saturated heterocycles. The number of aliphatic imine (C=N–C) groups is 1. The van der Waals surface area contributed by atoms with E-state index in [2.05, 4.69) is 151 Å². The van der Waals surface area contributed by atoms with E-state index in [1.807, 2.05) is 0 Å². The Kier molecular flexibility index (Phi) is 7.70. The predicted octanol–water partition coefficient (Wildman–Crippen LogP) is 8.87. The summed E-state index contributed by atoms with van der Waals surface area (Å²) in [5.41, 5.74) is 17.5. The number of rotatable bonds is 2. The van der Waals surface area contributed by atoms with Gasteiger partial charge >= 0.3 is 0 Å². The van der Waals surface area contributed by atoms with Gasteiger partial charge in [0.15, 0.2) is 0 Å². The second kappa shape index (κ2) is 11.4. The third-order valence-electron chi connectivity index (χ3n) is 7.79. The van der Waals surface area contributed by atoms with E-state index in [9.17, 15) is 0 Å². The van der Waals surface area contributed by atoms with Gasteiger partial charge in [0, 0.05) is 28.0 Å². The van der Waals surface area contributed by atoms with Gasteiger partial charge in [-0.05, 0) is 107 Å². The summed E-state index contributed by atoms with van der Waals surface area (Å²) in [5, 5.41) is 0. The molecule has 1 N–H and O–H groups in total. The van der Waals surface area contributed by atoms with Crippen LogP contribution in [0.3, 0.4) is 0 Å². The summed E-state index contributed by atoms with van der Waals surface area (Å²) in [6.45, 7) is 17.0. The molecule has 3 aromatic carbocycles. The third kappa shape index (κ3) is 5.61. The van der Waals surface area contributed by atoms with Crippen LogP contribution in [0.5, 0.6) is 0 Å². The van der Waals surface area contributed by atoms with E-state index in [0.717, 1.165) is 61.8 Å². The molecule has 0 amide bonds. The van der Waals surface area contributed by atoms with Crippen molar-refractivity contribution < 1.29 is 0 Å². The highest BCUT2D eigenvalue weighted by molar-refractivity contribution is 6.09. The average molecular weight is 533 g/mol.